The zero-order valence-corrected chi connectivity index (χ0v) is 14.2. The first-order valence-corrected chi connectivity index (χ1v) is 9.56. The first-order valence-electron chi connectivity index (χ1n) is 7.85. The van der Waals surface area contributed by atoms with Gasteiger partial charge in [0.25, 0.3) is 0 Å². The number of rotatable bonds is 7. The van der Waals surface area contributed by atoms with Crippen molar-refractivity contribution >= 4 is 10.0 Å². The summed E-state index contributed by atoms with van der Waals surface area (Å²) in [5.41, 5.74) is 0. The lowest BCUT2D eigenvalue weighted by atomic mass is 9.75. The highest BCUT2D eigenvalue weighted by Gasteiger charge is 2.31. The zero-order valence-electron chi connectivity index (χ0n) is 13.3. The third-order valence-corrected chi connectivity index (χ3v) is 5.49. The molecule has 4 nitrogen and oxygen atoms in total. The molecule has 0 amide bonds. The van der Waals surface area contributed by atoms with Gasteiger partial charge in [0.1, 0.15) is 0 Å². The molecule has 0 bridgehead atoms. The molecule has 4 unspecified atom stereocenters. The maximum atomic E-state index is 11.2. The van der Waals surface area contributed by atoms with Gasteiger partial charge in [0, 0.05) is 0 Å². The molecule has 20 heavy (non-hydrogen) atoms. The molecule has 0 radical (unpaired) electrons. The number of hydrogen-bond donors (Lipinski definition) is 1. The SMILES string of the molecule is CCC(COC1CC(C)CCC1C(C)C)CS(N)(=O)=O. The monoisotopic (exact) mass is 305 g/mol. The fraction of sp³-hybridized carbons (Fsp3) is 1.00. The van der Waals surface area contributed by atoms with E-state index >= 15 is 0 Å². The Morgan fingerprint density at radius 1 is 1.30 bits per heavy atom. The Morgan fingerprint density at radius 3 is 2.45 bits per heavy atom. The van der Waals surface area contributed by atoms with Crippen LogP contribution in [-0.4, -0.2) is 26.9 Å². The average molecular weight is 305 g/mol. The summed E-state index contributed by atoms with van der Waals surface area (Å²) in [5.74, 6) is 1.95. The number of ether oxygens (including phenoxy) is 1. The van der Waals surface area contributed by atoms with E-state index < -0.39 is 10.0 Å². The van der Waals surface area contributed by atoms with Crippen LogP contribution in [0.1, 0.15) is 53.4 Å². The van der Waals surface area contributed by atoms with Crippen molar-refractivity contribution in [2.45, 2.75) is 59.5 Å². The van der Waals surface area contributed by atoms with Crippen molar-refractivity contribution in [3.8, 4) is 0 Å². The number of primary sulfonamides is 1. The lowest BCUT2D eigenvalue weighted by Gasteiger charge is -2.37. The highest BCUT2D eigenvalue weighted by atomic mass is 32.2. The van der Waals surface area contributed by atoms with E-state index in [9.17, 15) is 8.42 Å². The van der Waals surface area contributed by atoms with Crippen molar-refractivity contribution in [1.82, 2.24) is 0 Å². The van der Waals surface area contributed by atoms with Gasteiger partial charge in [-0.05, 0) is 36.5 Å². The van der Waals surface area contributed by atoms with Gasteiger partial charge in [0.05, 0.1) is 18.5 Å². The van der Waals surface area contributed by atoms with Crippen LogP contribution in [0.15, 0.2) is 0 Å². The molecule has 4 atom stereocenters. The number of nitrogens with two attached hydrogens (primary N) is 1. The van der Waals surface area contributed by atoms with E-state index in [2.05, 4.69) is 20.8 Å². The molecule has 0 aliphatic heterocycles. The van der Waals surface area contributed by atoms with Crippen LogP contribution in [0.5, 0.6) is 0 Å². The Kier molecular flexibility index (Phi) is 6.95. The van der Waals surface area contributed by atoms with E-state index in [0.717, 1.165) is 12.8 Å². The molecule has 0 aromatic heterocycles. The Hall–Kier alpha value is -0.130. The maximum absolute atomic E-state index is 11.2. The van der Waals surface area contributed by atoms with E-state index in [1.165, 1.54) is 12.8 Å². The Balaban J connectivity index is 2.55. The van der Waals surface area contributed by atoms with Crippen molar-refractivity contribution in [1.29, 1.82) is 0 Å². The van der Waals surface area contributed by atoms with Gasteiger partial charge in [0.2, 0.25) is 10.0 Å². The van der Waals surface area contributed by atoms with Crippen molar-refractivity contribution in [3.63, 3.8) is 0 Å². The van der Waals surface area contributed by atoms with Crippen LogP contribution in [0, 0.1) is 23.7 Å². The van der Waals surface area contributed by atoms with Gasteiger partial charge in [-0.3, -0.25) is 0 Å². The number of hydrogen-bond acceptors (Lipinski definition) is 3. The molecule has 1 saturated carbocycles. The van der Waals surface area contributed by atoms with Crippen LogP contribution in [0.4, 0.5) is 0 Å². The first kappa shape index (κ1) is 17.9. The zero-order chi connectivity index (χ0) is 15.3. The molecular weight excluding hydrogens is 274 g/mol. The molecule has 0 saturated heterocycles. The van der Waals surface area contributed by atoms with E-state index in [-0.39, 0.29) is 17.8 Å². The van der Waals surface area contributed by atoms with Crippen LogP contribution in [0.3, 0.4) is 0 Å². The summed E-state index contributed by atoms with van der Waals surface area (Å²) < 4.78 is 28.5. The summed E-state index contributed by atoms with van der Waals surface area (Å²) in [6.07, 6.45) is 4.64. The van der Waals surface area contributed by atoms with Gasteiger partial charge < -0.3 is 4.74 Å². The largest absolute Gasteiger partial charge is 0.378 e. The highest BCUT2D eigenvalue weighted by Crippen LogP contribution is 2.35. The molecule has 0 aromatic rings. The van der Waals surface area contributed by atoms with Gasteiger partial charge in [-0.25, -0.2) is 13.6 Å². The topological polar surface area (TPSA) is 69.4 Å². The van der Waals surface area contributed by atoms with Gasteiger partial charge in [-0.1, -0.05) is 40.5 Å². The molecule has 0 spiro atoms. The van der Waals surface area contributed by atoms with E-state index in [1.54, 1.807) is 0 Å². The van der Waals surface area contributed by atoms with Crippen LogP contribution >= 0.6 is 0 Å². The van der Waals surface area contributed by atoms with Gasteiger partial charge in [-0.15, -0.1) is 0 Å². The fourth-order valence-electron chi connectivity index (χ4n) is 3.18. The summed E-state index contributed by atoms with van der Waals surface area (Å²) in [5, 5.41) is 5.13. The number of sulfonamides is 1. The smallest absolute Gasteiger partial charge is 0.209 e. The first-order chi connectivity index (χ1) is 9.23. The predicted molar refractivity (Wildman–Crippen MR) is 82.8 cm³/mol. The summed E-state index contributed by atoms with van der Waals surface area (Å²) in [6.45, 7) is 9.27. The van der Waals surface area contributed by atoms with Crippen LogP contribution in [0.25, 0.3) is 0 Å². The third-order valence-electron chi connectivity index (χ3n) is 4.55. The molecule has 5 heteroatoms. The Labute approximate surface area is 124 Å². The summed E-state index contributed by atoms with van der Waals surface area (Å²) in [6, 6.07) is 0. The summed E-state index contributed by atoms with van der Waals surface area (Å²) in [4.78, 5) is 0. The molecule has 1 aliphatic rings. The maximum Gasteiger partial charge on any atom is 0.209 e. The van der Waals surface area contributed by atoms with E-state index in [1.807, 2.05) is 6.92 Å². The molecule has 0 heterocycles. The second-order valence-corrected chi connectivity index (χ2v) is 8.46. The van der Waals surface area contributed by atoms with Gasteiger partial charge in [-0.2, -0.15) is 0 Å². The summed E-state index contributed by atoms with van der Waals surface area (Å²) in [7, 11) is -3.41. The standard InChI is InChI=1S/C15H31NO3S/c1-5-13(10-20(16,17)18)9-19-15-8-12(4)6-7-14(15)11(2)3/h11-15H,5-10H2,1-4H3,(H2,16,17,18). The quantitative estimate of drug-likeness (QED) is 0.786. The Bertz CT molecular complexity index is 381. The van der Waals surface area contributed by atoms with Gasteiger partial charge >= 0.3 is 0 Å². The van der Waals surface area contributed by atoms with Crippen LogP contribution < -0.4 is 5.14 Å². The lowest BCUT2D eigenvalue weighted by Crippen LogP contribution is -2.36. The van der Waals surface area contributed by atoms with Crippen molar-refractivity contribution < 1.29 is 13.2 Å². The minimum Gasteiger partial charge on any atom is -0.378 e. The average Bonchev–Trinajstić information content (AvgIpc) is 2.32. The van der Waals surface area contributed by atoms with Crippen molar-refractivity contribution in [2.24, 2.45) is 28.8 Å². The molecule has 0 aromatic carbocycles. The highest BCUT2D eigenvalue weighted by molar-refractivity contribution is 7.89. The molecule has 120 valence electrons. The molecule has 1 fully saturated rings. The predicted octanol–water partition coefficient (Wildman–Crippen LogP) is 2.78. The third kappa shape index (κ3) is 6.10. The van der Waals surface area contributed by atoms with Crippen molar-refractivity contribution in [2.75, 3.05) is 12.4 Å². The summed E-state index contributed by atoms with van der Waals surface area (Å²) >= 11 is 0. The second kappa shape index (κ2) is 7.76. The van der Waals surface area contributed by atoms with Crippen LogP contribution in [0.2, 0.25) is 0 Å². The molecule has 2 N–H and O–H groups in total. The van der Waals surface area contributed by atoms with Gasteiger partial charge in [0.15, 0.2) is 0 Å². The van der Waals surface area contributed by atoms with E-state index in [0.29, 0.717) is 24.4 Å². The normalized spacial score (nSPS) is 29.6. The van der Waals surface area contributed by atoms with E-state index in [4.69, 9.17) is 9.88 Å². The van der Waals surface area contributed by atoms with Crippen LogP contribution in [-0.2, 0) is 14.8 Å². The second-order valence-electron chi connectivity index (χ2n) is 6.80. The minimum absolute atomic E-state index is 0.00930. The molecule has 1 rings (SSSR count). The lowest BCUT2D eigenvalue weighted by molar-refractivity contribution is -0.0494. The minimum atomic E-state index is -3.41. The molecular formula is C15H31NO3S. The molecule has 1 aliphatic carbocycles. The Morgan fingerprint density at radius 2 is 1.95 bits per heavy atom. The fourth-order valence-corrected chi connectivity index (χ4v) is 4.17. The van der Waals surface area contributed by atoms with Crippen molar-refractivity contribution in [3.05, 3.63) is 0 Å².